The molecule has 0 aliphatic carbocycles. The van der Waals surface area contributed by atoms with Gasteiger partial charge in [-0.25, -0.2) is 4.68 Å². The quantitative estimate of drug-likeness (QED) is 0.335. The zero-order chi connectivity index (χ0) is 18.2. The van der Waals surface area contributed by atoms with Crippen LogP contribution >= 0.6 is 0 Å². The normalized spacial score (nSPS) is 11.2. The summed E-state index contributed by atoms with van der Waals surface area (Å²) in [6.07, 6.45) is 5.20. The first-order valence-electron chi connectivity index (χ1n) is 8.21. The molecule has 0 aromatic carbocycles. The Bertz CT molecular complexity index is 599. The lowest BCUT2D eigenvalue weighted by molar-refractivity contribution is 0.276. The van der Waals surface area contributed by atoms with Crippen LogP contribution < -0.4 is 0 Å². The fourth-order valence-corrected chi connectivity index (χ4v) is 1.68. The third-order valence-corrected chi connectivity index (χ3v) is 2.62. The molecule has 0 bridgehead atoms. The van der Waals surface area contributed by atoms with Gasteiger partial charge in [-0.15, -0.1) is 10.2 Å². The van der Waals surface area contributed by atoms with Crippen LogP contribution in [0.1, 0.15) is 30.2 Å². The van der Waals surface area contributed by atoms with Gasteiger partial charge in [0, 0.05) is 23.9 Å². The Morgan fingerprint density at radius 2 is 2.00 bits per heavy atom. The van der Waals surface area contributed by atoms with E-state index < -0.39 is 0 Å². The number of unbranched alkanes of at least 4 members (excludes halogenated alkanes) is 1. The Morgan fingerprint density at radius 3 is 2.75 bits per heavy atom. The minimum Gasteiger partial charge on any atom is -0.390 e. The molecule has 0 saturated heterocycles. The summed E-state index contributed by atoms with van der Waals surface area (Å²) in [4.78, 5) is 2.70. The Balaban J connectivity index is 0.00000123. The van der Waals surface area contributed by atoms with Gasteiger partial charge >= 0.3 is 0 Å². The predicted octanol–water partition coefficient (Wildman–Crippen LogP) is 0.993. The molecule has 0 amide bonds. The van der Waals surface area contributed by atoms with Crippen molar-refractivity contribution in [2.75, 3.05) is 6.54 Å². The second kappa shape index (κ2) is 7.22. The van der Waals surface area contributed by atoms with Crippen molar-refractivity contribution in [2.24, 2.45) is 5.11 Å². The molecule has 10 nitrogen and oxygen atoms in total. The molecule has 2 rings (SSSR count). The molecule has 20 heavy (non-hydrogen) atoms. The Hall–Kier alpha value is -2.45. The zero-order valence-electron chi connectivity index (χ0n) is 14.9. The topological polar surface area (TPSA) is 130 Å². The van der Waals surface area contributed by atoms with E-state index in [0.29, 0.717) is 18.8 Å². The molecule has 2 aromatic heterocycles. The maximum atomic E-state index is 8.90. The van der Waals surface area contributed by atoms with Crippen molar-refractivity contribution in [2.45, 2.75) is 32.5 Å². The van der Waals surface area contributed by atoms with Crippen molar-refractivity contribution >= 4 is 0 Å². The van der Waals surface area contributed by atoms with Crippen LogP contribution in [0, 0.1) is 0 Å². The first kappa shape index (κ1) is 11.4. The Kier molecular flexibility index (Phi) is 4.11. The van der Waals surface area contributed by atoms with Gasteiger partial charge in [-0.05, 0) is 18.4 Å². The van der Waals surface area contributed by atoms with Gasteiger partial charge in [0.1, 0.15) is 11.4 Å². The van der Waals surface area contributed by atoms with Gasteiger partial charge < -0.3 is 5.11 Å². The lowest BCUT2D eigenvalue weighted by Crippen LogP contribution is -2.01. The highest BCUT2D eigenvalue weighted by Gasteiger charge is 2.04. The third-order valence-electron chi connectivity index (χ3n) is 2.62. The molecule has 0 aliphatic rings. The molecule has 0 atom stereocenters. The molecule has 1 N–H and O–H groups in total. The molecular formula is C10H19N9O. The van der Waals surface area contributed by atoms with Gasteiger partial charge in [-0.3, -0.25) is 4.68 Å². The van der Waals surface area contributed by atoms with Crippen molar-refractivity contribution in [3.63, 3.8) is 0 Å². The van der Waals surface area contributed by atoms with E-state index >= 15 is 0 Å². The van der Waals surface area contributed by atoms with Crippen LogP contribution in [0.25, 0.3) is 10.4 Å². The summed E-state index contributed by atoms with van der Waals surface area (Å²) in [6, 6.07) is 0. The standard InChI is InChI=1S/C10H15N9O.2H2/c11-15-12-3-1-2-4-18-5-9(13-16-18)6-19-7-10(8-20)14-17-19;;/h5,7,20H,1-4,6,8H2;2*1H/i;2*1+2T. The van der Waals surface area contributed by atoms with Crippen LogP contribution in [0.5, 0.6) is 0 Å². The van der Waals surface area contributed by atoms with E-state index in [-0.39, 0.29) is 6.61 Å². The van der Waals surface area contributed by atoms with Crippen molar-refractivity contribution in [3.8, 4) is 0 Å². The van der Waals surface area contributed by atoms with E-state index in [1.165, 1.54) is 0 Å². The number of aliphatic hydroxyl groups is 1. The minimum absolute atomic E-state index is 0.127. The number of nitrogens with zero attached hydrogens (tertiary/aromatic N) is 9. The molecule has 0 saturated carbocycles. The number of hydrogen-bond acceptors (Lipinski definition) is 6. The minimum atomic E-state index is -0.127. The van der Waals surface area contributed by atoms with Crippen molar-refractivity contribution in [1.29, 1.82) is 0 Å². The maximum Gasteiger partial charge on any atom is 0.108 e. The SMILES string of the molecule is [3H][3H].[3H][3H].[N-]=[N+]=NCCCCn1cc(Cn2cc(CO)nn2)nn1. The van der Waals surface area contributed by atoms with Gasteiger partial charge in [0.15, 0.2) is 0 Å². The number of aromatic nitrogens is 6. The first-order valence-corrected chi connectivity index (χ1v) is 6.21. The van der Waals surface area contributed by atoms with Crippen molar-refractivity contribution in [3.05, 3.63) is 34.2 Å². The summed E-state index contributed by atoms with van der Waals surface area (Å²) >= 11 is 0. The maximum absolute atomic E-state index is 8.90. The second-order valence-corrected chi connectivity index (χ2v) is 4.20. The van der Waals surface area contributed by atoms with Crippen molar-refractivity contribution < 1.29 is 11.0 Å². The highest BCUT2D eigenvalue weighted by molar-refractivity contribution is 4.96. The summed E-state index contributed by atoms with van der Waals surface area (Å²) < 4.78 is 23.3. The molecule has 10 heteroatoms. The molecule has 0 radical (unpaired) electrons. The second-order valence-electron chi connectivity index (χ2n) is 4.20. The lowest BCUT2D eigenvalue weighted by Gasteiger charge is -1.97. The Labute approximate surface area is 120 Å². The molecule has 0 aliphatic heterocycles. The van der Waals surface area contributed by atoms with E-state index in [1.807, 2.05) is 6.20 Å². The highest BCUT2D eigenvalue weighted by atomic mass is 16.3. The monoisotopic (exact) mass is 289 g/mol. The van der Waals surface area contributed by atoms with Gasteiger partial charge in [-0.2, -0.15) is 0 Å². The average molecular weight is 289 g/mol. The molecule has 0 unspecified atom stereocenters. The summed E-state index contributed by atoms with van der Waals surface area (Å²) in [5, 5.41) is 28.1. The van der Waals surface area contributed by atoms with Crippen LogP contribution in [-0.2, 0) is 19.7 Å². The number of hydrogen-bond donors (Lipinski definition) is 1. The van der Waals surface area contributed by atoms with E-state index in [9.17, 15) is 0 Å². The fraction of sp³-hybridized carbons (Fsp3) is 0.600. The van der Waals surface area contributed by atoms with Gasteiger partial charge in [-0.1, -0.05) is 15.5 Å². The number of rotatable bonds is 8. The largest absolute Gasteiger partial charge is 0.390 e. The molecule has 2 heterocycles. The van der Waals surface area contributed by atoms with E-state index in [4.69, 9.17) is 16.6 Å². The smallest absolute Gasteiger partial charge is 0.108 e. The number of aryl methyl sites for hydroxylation is 1. The highest BCUT2D eigenvalue weighted by Crippen LogP contribution is 2.01. The van der Waals surface area contributed by atoms with Crippen molar-refractivity contribution in [1.82, 2.24) is 30.0 Å². The van der Waals surface area contributed by atoms with Gasteiger partial charge in [0.2, 0.25) is 0 Å². The molecule has 0 spiro atoms. The van der Waals surface area contributed by atoms with Crippen LogP contribution in [0.4, 0.5) is 0 Å². The van der Waals surface area contributed by atoms with Crippen LogP contribution in [0.2, 0.25) is 0 Å². The summed E-state index contributed by atoms with van der Waals surface area (Å²) in [5.74, 6) is 0. The van der Waals surface area contributed by atoms with E-state index in [2.05, 4.69) is 30.7 Å². The fourth-order valence-electron chi connectivity index (χ4n) is 1.68. The first-order chi connectivity index (χ1) is 11.8. The van der Waals surface area contributed by atoms with E-state index in [1.54, 1.807) is 15.6 Å². The third kappa shape index (κ3) is 4.04. The van der Waals surface area contributed by atoms with Gasteiger partial charge in [0.25, 0.3) is 0 Å². The van der Waals surface area contributed by atoms with Crippen LogP contribution in [0.15, 0.2) is 17.5 Å². The average Bonchev–Trinajstić information content (AvgIpc) is 3.28. The zero-order valence-corrected chi connectivity index (χ0v) is 10.9. The summed E-state index contributed by atoms with van der Waals surface area (Å²) in [5.41, 5.74) is 9.44. The number of aliphatic hydroxyl groups excluding tert-OH is 1. The molecular weight excluding hydrogens is 262 g/mol. The Morgan fingerprint density at radius 1 is 1.25 bits per heavy atom. The molecule has 2 aromatic rings. The molecule has 110 valence electrons. The number of azide groups is 1. The lowest BCUT2D eigenvalue weighted by atomic mass is 10.3. The summed E-state index contributed by atoms with van der Waals surface area (Å²) in [6.45, 7) is 1.57. The van der Waals surface area contributed by atoms with Crippen LogP contribution in [-0.4, -0.2) is 41.6 Å². The molecule has 0 fully saturated rings. The predicted molar refractivity (Wildman–Crippen MR) is 72.5 cm³/mol. The summed E-state index contributed by atoms with van der Waals surface area (Å²) in [7, 11) is 0. The van der Waals surface area contributed by atoms with Gasteiger partial charge in [0.05, 0.1) is 25.5 Å². The van der Waals surface area contributed by atoms with E-state index in [0.717, 1.165) is 25.1 Å². The van der Waals surface area contributed by atoms with Crippen LogP contribution in [0.3, 0.4) is 0 Å².